The van der Waals surface area contributed by atoms with Gasteiger partial charge in [0.25, 0.3) is 0 Å². The average molecular weight is 576 g/mol. The van der Waals surface area contributed by atoms with Crippen molar-refractivity contribution in [3.63, 3.8) is 0 Å². The minimum atomic E-state index is 1.07. The largest absolute Gasteiger partial charge is 0.355 e. The second kappa shape index (κ2) is 10.3. The SMILES string of the molecule is c1ccc(-n2c3ccccc3c3ccc(N4c5cccc(c5)-c5cccc(c5)Nc5cccc(c5)-c5cccc4c5)cc32)cc1. The van der Waals surface area contributed by atoms with Crippen LogP contribution in [0.25, 0.3) is 49.7 Å². The number of para-hydroxylation sites is 2. The molecule has 0 unspecified atom stereocenters. The van der Waals surface area contributed by atoms with Crippen LogP contribution in [0.4, 0.5) is 28.4 Å². The van der Waals surface area contributed by atoms with E-state index in [4.69, 9.17) is 0 Å². The lowest BCUT2D eigenvalue weighted by Gasteiger charge is -2.27. The Kier molecular flexibility index (Phi) is 5.82. The van der Waals surface area contributed by atoms with Crippen molar-refractivity contribution in [2.75, 3.05) is 10.2 Å². The molecule has 1 aromatic heterocycles. The lowest BCUT2D eigenvalue weighted by Crippen LogP contribution is -2.10. The van der Waals surface area contributed by atoms with Crippen molar-refractivity contribution in [1.82, 2.24) is 4.57 Å². The molecule has 0 spiro atoms. The molecule has 0 saturated carbocycles. The van der Waals surface area contributed by atoms with Gasteiger partial charge in [-0.1, -0.05) is 91.0 Å². The molecule has 2 heterocycles. The van der Waals surface area contributed by atoms with Gasteiger partial charge in [0.05, 0.1) is 11.0 Å². The van der Waals surface area contributed by atoms with Gasteiger partial charge < -0.3 is 14.8 Å². The molecular weight excluding hydrogens is 546 g/mol. The highest BCUT2D eigenvalue weighted by Crippen LogP contribution is 2.42. The van der Waals surface area contributed by atoms with Gasteiger partial charge in [-0.25, -0.2) is 0 Å². The Morgan fingerprint density at radius 2 is 0.844 bits per heavy atom. The summed E-state index contributed by atoms with van der Waals surface area (Å²) < 4.78 is 2.38. The first-order valence-corrected chi connectivity index (χ1v) is 15.4. The Morgan fingerprint density at radius 1 is 0.333 bits per heavy atom. The van der Waals surface area contributed by atoms with E-state index in [1.54, 1.807) is 0 Å². The van der Waals surface area contributed by atoms with Crippen molar-refractivity contribution >= 4 is 50.2 Å². The van der Waals surface area contributed by atoms with Crippen LogP contribution in [0.15, 0.2) is 170 Å². The molecule has 1 aliphatic rings. The van der Waals surface area contributed by atoms with E-state index in [-0.39, 0.29) is 0 Å². The van der Waals surface area contributed by atoms with Gasteiger partial charge in [0, 0.05) is 44.9 Å². The number of fused-ring (bicyclic) bond motifs is 13. The Labute approximate surface area is 262 Å². The maximum Gasteiger partial charge on any atom is 0.0561 e. The van der Waals surface area contributed by atoms with E-state index in [9.17, 15) is 0 Å². The zero-order valence-electron chi connectivity index (χ0n) is 24.6. The van der Waals surface area contributed by atoms with E-state index < -0.39 is 0 Å². The van der Waals surface area contributed by atoms with Crippen LogP contribution in [0.5, 0.6) is 0 Å². The van der Waals surface area contributed by atoms with Gasteiger partial charge >= 0.3 is 0 Å². The Bertz CT molecular complexity index is 2280. The van der Waals surface area contributed by atoms with Gasteiger partial charge in [-0.3, -0.25) is 0 Å². The predicted molar refractivity (Wildman–Crippen MR) is 190 cm³/mol. The van der Waals surface area contributed by atoms with Crippen molar-refractivity contribution < 1.29 is 0 Å². The zero-order chi connectivity index (χ0) is 29.7. The van der Waals surface area contributed by atoms with Crippen LogP contribution in [0.3, 0.4) is 0 Å². The molecule has 45 heavy (non-hydrogen) atoms. The van der Waals surface area contributed by atoms with Crippen molar-refractivity contribution in [1.29, 1.82) is 0 Å². The number of rotatable bonds is 2. The minimum absolute atomic E-state index is 1.07. The third-order valence-corrected chi connectivity index (χ3v) is 8.82. The van der Waals surface area contributed by atoms with E-state index in [1.807, 2.05) is 0 Å². The first kappa shape index (κ1) is 25.4. The molecule has 0 fully saturated rings. The third kappa shape index (κ3) is 4.37. The molecule has 0 aliphatic carbocycles. The van der Waals surface area contributed by atoms with Crippen LogP contribution in [0.2, 0.25) is 0 Å². The number of aromatic nitrogens is 1. The fraction of sp³-hybridized carbons (Fsp3) is 0. The normalized spacial score (nSPS) is 12.1. The molecule has 1 N–H and O–H groups in total. The van der Waals surface area contributed by atoms with E-state index in [2.05, 4.69) is 185 Å². The number of hydrogen-bond acceptors (Lipinski definition) is 2. The van der Waals surface area contributed by atoms with Crippen LogP contribution >= 0.6 is 0 Å². The molecule has 1 aliphatic heterocycles. The number of hydrogen-bond donors (Lipinski definition) is 1. The van der Waals surface area contributed by atoms with Crippen molar-refractivity contribution in [3.05, 3.63) is 170 Å². The first-order valence-electron chi connectivity index (χ1n) is 15.4. The minimum Gasteiger partial charge on any atom is -0.355 e. The smallest absolute Gasteiger partial charge is 0.0561 e. The maximum absolute atomic E-state index is 3.62. The topological polar surface area (TPSA) is 20.2 Å². The molecule has 3 nitrogen and oxygen atoms in total. The van der Waals surface area contributed by atoms with Crippen molar-refractivity contribution in [3.8, 4) is 27.9 Å². The lowest BCUT2D eigenvalue weighted by atomic mass is 10.0. The summed E-state index contributed by atoms with van der Waals surface area (Å²) in [6, 6.07) is 61.3. The molecule has 8 bridgehead atoms. The summed E-state index contributed by atoms with van der Waals surface area (Å²) in [5.74, 6) is 0. The van der Waals surface area contributed by atoms with Crippen LogP contribution in [0, 0.1) is 0 Å². The maximum atomic E-state index is 3.62. The van der Waals surface area contributed by atoms with Crippen molar-refractivity contribution in [2.45, 2.75) is 0 Å². The first-order chi connectivity index (χ1) is 22.3. The quantitative estimate of drug-likeness (QED) is 0.221. The second-order valence-corrected chi connectivity index (χ2v) is 11.6. The van der Waals surface area contributed by atoms with Gasteiger partial charge in [-0.2, -0.15) is 0 Å². The number of anilines is 5. The van der Waals surface area contributed by atoms with E-state index in [1.165, 1.54) is 44.1 Å². The van der Waals surface area contributed by atoms with E-state index in [0.29, 0.717) is 0 Å². The molecular formula is C42H29N3. The fourth-order valence-corrected chi connectivity index (χ4v) is 6.77. The van der Waals surface area contributed by atoms with E-state index in [0.717, 1.165) is 34.1 Å². The summed E-state index contributed by atoms with van der Waals surface area (Å²) in [6.07, 6.45) is 0. The molecule has 0 atom stereocenters. The highest BCUT2D eigenvalue weighted by atomic mass is 15.1. The number of benzene rings is 7. The summed E-state index contributed by atoms with van der Waals surface area (Å²) in [6.45, 7) is 0. The molecule has 3 heteroatoms. The summed E-state index contributed by atoms with van der Waals surface area (Å²) >= 11 is 0. The summed E-state index contributed by atoms with van der Waals surface area (Å²) in [7, 11) is 0. The van der Waals surface area contributed by atoms with Gasteiger partial charge in [0.15, 0.2) is 0 Å². The molecule has 7 aromatic carbocycles. The molecule has 212 valence electrons. The highest BCUT2D eigenvalue weighted by molar-refractivity contribution is 6.10. The van der Waals surface area contributed by atoms with Crippen LogP contribution in [-0.4, -0.2) is 4.57 Å². The fourth-order valence-electron chi connectivity index (χ4n) is 6.77. The summed E-state index contributed by atoms with van der Waals surface area (Å²) in [5.41, 5.74) is 13.7. The molecule has 9 rings (SSSR count). The van der Waals surface area contributed by atoms with Crippen molar-refractivity contribution in [2.24, 2.45) is 0 Å². The highest BCUT2D eigenvalue weighted by Gasteiger charge is 2.19. The monoisotopic (exact) mass is 575 g/mol. The van der Waals surface area contributed by atoms with Crippen LogP contribution in [0.1, 0.15) is 0 Å². The number of nitrogens with zero attached hydrogens (tertiary/aromatic N) is 2. The van der Waals surface area contributed by atoms with E-state index >= 15 is 0 Å². The second-order valence-electron chi connectivity index (χ2n) is 11.6. The van der Waals surface area contributed by atoms with Crippen LogP contribution in [-0.2, 0) is 0 Å². The summed E-state index contributed by atoms with van der Waals surface area (Å²) in [5, 5.41) is 6.11. The van der Waals surface area contributed by atoms with Gasteiger partial charge in [0.1, 0.15) is 0 Å². The van der Waals surface area contributed by atoms with Gasteiger partial charge in [-0.15, -0.1) is 0 Å². The predicted octanol–water partition coefficient (Wildman–Crippen LogP) is 11.6. The number of nitrogens with one attached hydrogen (secondary N) is 1. The zero-order valence-corrected chi connectivity index (χ0v) is 24.6. The third-order valence-electron chi connectivity index (χ3n) is 8.82. The van der Waals surface area contributed by atoms with Crippen LogP contribution < -0.4 is 10.2 Å². The van der Waals surface area contributed by atoms with Gasteiger partial charge in [-0.05, 0) is 101 Å². The van der Waals surface area contributed by atoms with Gasteiger partial charge in [0.2, 0.25) is 0 Å². The molecule has 8 aromatic rings. The standard InChI is InChI=1S/C42H29N3/c1-2-16-35(17-3-1)45-41-21-5-4-20-39(41)40-23-22-38(28-42(40)45)44-36-18-8-12-31(26-36)29-10-6-14-33(24-29)43-34-15-7-11-30(25-34)32-13-9-19-37(44)27-32/h1-28,43H. The Hall–Kier alpha value is -6.06. The molecule has 0 radical (unpaired) electrons. The molecule has 0 saturated heterocycles. The Balaban J connectivity index is 1.32. The molecule has 0 amide bonds. The Morgan fingerprint density at radius 3 is 1.51 bits per heavy atom. The lowest BCUT2D eigenvalue weighted by molar-refractivity contribution is 1.18. The summed E-state index contributed by atoms with van der Waals surface area (Å²) in [4.78, 5) is 2.39. The average Bonchev–Trinajstić information content (AvgIpc) is 3.43.